The molecule has 1 aromatic heterocycles. The number of hydrogen-bond donors (Lipinski definition) is 0. The molecule has 0 amide bonds. The zero-order valence-electron chi connectivity index (χ0n) is 13.7. The number of aromatic nitrogens is 3. The van der Waals surface area contributed by atoms with E-state index in [0.717, 1.165) is 23.0 Å². The highest BCUT2D eigenvalue weighted by Gasteiger charge is 2.14. The van der Waals surface area contributed by atoms with Crippen LogP contribution in [-0.4, -0.2) is 14.8 Å². The average Bonchev–Trinajstić information content (AvgIpc) is 2.97. The van der Waals surface area contributed by atoms with E-state index in [9.17, 15) is 8.78 Å². The predicted octanol–water partition coefficient (Wildman–Crippen LogP) is 5.01. The number of halogens is 2. The van der Waals surface area contributed by atoms with Gasteiger partial charge in [0.25, 0.3) is 0 Å². The number of nitrogens with zero attached hydrogens (tertiary/aromatic N) is 3. The van der Waals surface area contributed by atoms with Gasteiger partial charge < -0.3 is 0 Å². The van der Waals surface area contributed by atoms with Crippen molar-refractivity contribution in [3.05, 3.63) is 77.9 Å². The lowest BCUT2D eigenvalue weighted by Crippen LogP contribution is -2.01. The van der Waals surface area contributed by atoms with Crippen LogP contribution in [-0.2, 0) is 12.3 Å². The molecule has 0 atom stereocenters. The van der Waals surface area contributed by atoms with Gasteiger partial charge in [-0.25, -0.2) is 8.78 Å². The number of benzene rings is 2. The Labute approximate surface area is 149 Å². The molecule has 0 aliphatic heterocycles. The van der Waals surface area contributed by atoms with E-state index in [4.69, 9.17) is 0 Å². The molecule has 128 valence electrons. The summed E-state index contributed by atoms with van der Waals surface area (Å²) >= 11 is 1.36. The van der Waals surface area contributed by atoms with Crippen molar-refractivity contribution in [3.63, 3.8) is 0 Å². The summed E-state index contributed by atoms with van der Waals surface area (Å²) in [6.07, 6.45) is 1.77. The first-order valence-electron chi connectivity index (χ1n) is 7.76. The smallest absolute Gasteiger partial charge is 0.192 e. The number of hydrogen-bond acceptors (Lipinski definition) is 3. The van der Waals surface area contributed by atoms with Gasteiger partial charge in [-0.15, -0.1) is 16.8 Å². The highest BCUT2D eigenvalue weighted by atomic mass is 32.2. The Morgan fingerprint density at radius 3 is 2.72 bits per heavy atom. The Hall–Kier alpha value is -2.47. The molecule has 6 heteroatoms. The van der Waals surface area contributed by atoms with Crippen LogP contribution in [0.1, 0.15) is 11.1 Å². The molecule has 2 aromatic carbocycles. The monoisotopic (exact) mass is 357 g/mol. The topological polar surface area (TPSA) is 30.7 Å². The normalized spacial score (nSPS) is 10.8. The van der Waals surface area contributed by atoms with Crippen LogP contribution >= 0.6 is 11.8 Å². The molecule has 0 spiro atoms. The summed E-state index contributed by atoms with van der Waals surface area (Å²) in [5, 5.41) is 9.19. The van der Waals surface area contributed by atoms with Crippen LogP contribution in [0.5, 0.6) is 0 Å². The highest BCUT2D eigenvalue weighted by molar-refractivity contribution is 7.98. The number of thioether (sulfide) groups is 1. The summed E-state index contributed by atoms with van der Waals surface area (Å²) in [4.78, 5) is 0. The molecule has 25 heavy (non-hydrogen) atoms. The molecule has 0 fully saturated rings. The molecular formula is C19H17F2N3S. The minimum Gasteiger partial charge on any atom is -0.298 e. The minimum atomic E-state index is -0.581. The highest BCUT2D eigenvalue weighted by Crippen LogP contribution is 2.27. The van der Waals surface area contributed by atoms with Crippen molar-refractivity contribution in [2.45, 2.75) is 24.4 Å². The first kappa shape index (κ1) is 17.4. The summed E-state index contributed by atoms with van der Waals surface area (Å²) < 4.78 is 28.8. The summed E-state index contributed by atoms with van der Waals surface area (Å²) in [6.45, 7) is 6.35. The maximum absolute atomic E-state index is 13.8. The van der Waals surface area contributed by atoms with Gasteiger partial charge >= 0.3 is 0 Å². The van der Waals surface area contributed by atoms with Crippen LogP contribution in [0.4, 0.5) is 8.78 Å². The third-order valence-corrected chi connectivity index (χ3v) is 4.69. The minimum absolute atomic E-state index is 0.342. The first-order valence-corrected chi connectivity index (χ1v) is 8.75. The summed E-state index contributed by atoms with van der Waals surface area (Å²) in [5.41, 5.74) is 2.53. The van der Waals surface area contributed by atoms with E-state index in [2.05, 4.69) is 16.8 Å². The third-order valence-electron chi connectivity index (χ3n) is 3.68. The Bertz CT molecular complexity index is 905. The SMILES string of the molecule is C=CCn1c(SCc2ccc(F)cc2F)nnc1-c1cccc(C)c1. The van der Waals surface area contributed by atoms with E-state index in [-0.39, 0.29) is 0 Å². The zero-order chi connectivity index (χ0) is 17.8. The molecular weight excluding hydrogens is 340 g/mol. The van der Waals surface area contributed by atoms with Gasteiger partial charge in [-0.3, -0.25) is 4.57 Å². The van der Waals surface area contributed by atoms with Gasteiger partial charge in [-0.05, 0) is 24.6 Å². The number of rotatable bonds is 6. The lowest BCUT2D eigenvalue weighted by Gasteiger charge is -2.08. The molecule has 0 unspecified atom stereocenters. The van der Waals surface area contributed by atoms with Crippen LogP contribution in [0.3, 0.4) is 0 Å². The lowest BCUT2D eigenvalue weighted by atomic mass is 10.1. The van der Waals surface area contributed by atoms with Crippen molar-refractivity contribution in [3.8, 4) is 11.4 Å². The second kappa shape index (κ2) is 7.61. The van der Waals surface area contributed by atoms with Crippen molar-refractivity contribution in [1.82, 2.24) is 14.8 Å². The van der Waals surface area contributed by atoms with E-state index in [0.29, 0.717) is 23.0 Å². The first-order chi connectivity index (χ1) is 12.1. The van der Waals surface area contributed by atoms with Crippen LogP contribution in [0.2, 0.25) is 0 Å². The van der Waals surface area contributed by atoms with Crippen molar-refractivity contribution in [2.24, 2.45) is 0 Å². The van der Waals surface area contributed by atoms with Gasteiger partial charge in [-0.2, -0.15) is 0 Å². The van der Waals surface area contributed by atoms with E-state index in [1.807, 2.05) is 35.8 Å². The number of aryl methyl sites for hydroxylation is 1. The Kier molecular flexibility index (Phi) is 5.28. The van der Waals surface area contributed by atoms with Crippen LogP contribution in [0, 0.1) is 18.6 Å². The fourth-order valence-corrected chi connectivity index (χ4v) is 3.40. The van der Waals surface area contributed by atoms with Gasteiger partial charge in [0.15, 0.2) is 11.0 Å². The van der Waals surface area contributed by atoms with Gasteiger partial charge in [-0.1, -0.05) is 47.7 Å². The fourth-order valence-electron chi connectivity index (χ4n) is 2.47. The molecule has 0 N–H and O–H groups in total. The van der Waals surface area contributed by atoms with Gasteiger partial charge in [0.2, 0.25) is 0 Å². The second-order valence-corrected chi connectivity index (χ2v) is 6.54. The standard InChI is InChI=1S/C19H17F2N3S/c1-3-9-24-18(14-6-4-5-13(2)10-14)22-23-19(24)25-12-15-7-8-16(20)11-17(15)21/h3-8,10-11H,1,9,12H2,2H3. The number of allylic oxidation sites excluding steroid dienone is 1. The van der Waals surface area contributed by atoms with Crippen molar-refractivity contribution in [1.29, 1.82) is 0 Å². The molecule has 0 bridgehead atoms. The van der Waals surface area contributed by atoms with Crippen molar-refractivity contribution < 1.29 is 8.78 Å². The maximum Gasteiger partial charge on any atom is 0.192 e. The van der Waals surface area contributed by atoms with E-state index < -0.39 is 11.6 Å². The van der Waals surface area contributed by atoms with Crippen LogP contribution < -0.4 is 0 Å². The Morgan fingerprint density at radius 2 is 2.00 bits per heavy atom. The van der Waals surface area contributed by atoms with E-state index in [1.165, 1.54) is 23.9 Å². The molecule has 3 nitrogen and oxygen atoms in total. The summed E-state index contributed by atoms with van der Waals surface area (Å²) in [6, 6.07) is 11.6. The van der Waals surface area contributed by atoms with Crippen molar-refractivity contribution >= 4 is 11.8 Å². The molecule has 0 saturated carbocycles. The summed E-state index contributed by atoms with van der Waals surface area (Å²) in [7, 11) is 0. The van der Waals surface area contributed by atoms with Crippen LogP contribution in [0.15, 0.2) is 60.3 Å². The molecule has 0 saturated heterocycles. The molecule has 0 aliphatic carbocycles. The predicted molar refractivity (Wildman–Crippen MR) is 96.3 cm³/mol. The maximum atomic E-state index is 13.8. The van der Waals surface area contributed by atoms with Crippen LogP contribution in [0.25, 0.3) is 11.4 Å². The lowest BCUT2D eigenvalue weighted by molar-refractivity contribution is 0.576. The summed E-state index contributed by atoms with van der Waals surface area (Å²) in [5.74, 6) is -0.0513. The van der Waals surface area contributed by atoms with E-state index in [1.54, 1.807) is 6.08 Å². The largest absolute Gasteiger partial charge is 0.298 e. The quantitative estimate of drug-likeness (QED) is 0.459. The average molecular weight is 357 g/mol. The van der Waals surface area contributed by atoms with Gasteiger partial charge in [0.05, 0.1) is 0 Å². The second-order valence-electron chi connectivity index (χ2n) is 5.60. The third kappa shape index (κ3) is 3.96. The molecule has 0 aliphatic rings. The van der Waals surface area contributed by atoms with Gasteiger partial charge in [0.1, 0.15) is 11.6 Å². The fraction of sp³-hybridized carbons (Fsp3) is 0.158. The molecule has 3 aromatic rings. The molecule has 0 radical (unpaired) electrons. The zero-order valence-corrected chi connectivity index (χ0v) is 14.6. The van der Waals surface area contributed by atoms with E-state index >= 15 is 0 Å². The Balaban J connectivity index is 1.87. The van der Waals surface area contributed by atoms with Crippen molar-refractivity contribution in [2.75, 3.05) is 0 Å². The Morgan fingerprint density at radius 1 is 1.16 bits per heavy atom. The molecule has 1 heterocycles. The molecule has 3 rings (SSSR count). The van der Waals surface area contributed by atoms with Gasteiger partial charge in [0, 0.05) is 23.9 Å².